The smallest absolute Gasteiger partial charge is 0.340 e. The Morgan fingerprint density at radius 1 is 1.52 bits per heavy atom. The highest BCUT2D eigenvalue weighted by Crippen LogP contribution is 2.28. The number of nitrogens with two attached hydrogens (primary N) is 1. The summed E-state index contributed by atoms with van der Waals surface area (Å²) in [6, 6.07) is 2.27. The van der Waals surface area contributed by atoms with Crippen LogP contribution in [-0.2, 0) is 4.74 Å². The van der Waals surface area contributed by atoms with Gasteiger partial charge in [0.05, 0.1) is 24.4 Å². The van der Waals surface area contributed by atoms with E-state index in [9.17, 15) is 9.18 Å². The standard InChI is InChI=1S/C14H16FN3O2S/c1-7-6-17-13(21-7)8(2)18-12-4-9(14(19)20-3)11(16)5-10(12)15/h4-6,8,18H,16H2,1-3H3. The summed E-state index contributed by atoms with van der Waals surface area (Å²) >= 11 is 1.53. The first-order valence-corrected chi connectivity index (χ1v) is 7.10. The van der Waals surface area contributed by atoms with Crippen molar-refractivity contribution in [2.75, 3.05) is 18.2 Å². The molecule has 112 valence electrons. The number of rotatable bonds is 4. The number of carbonyl (C=O) groups excluding carboxylic acids is 1. The van der Waals surface area contributed by atoms with E-state index >= 15 is 0 Å². The van der Waals surface area contributed by atoms with Crippen molar-refractivity contribution in [1.29, 1.82) is 0 Å². The van der Waals surface area contributed by atoms with E-state index in [0.717, 1.165) is 16.0 Å². The van der Waals surface area contributed by atoms with Crippen molar-refractivity contribution in [3.05, 3.63) is 39.6 Å². The maximum absolute atomic E-state index is 14.0. The molecule has 5 nitrogen and oxygen atoms in total. The zero-order valence-corrected chi connectivity index (χ0v) is 12.8. The normalized spacial score (nSPS) is 12.0. The molecule has 0 radical (unpaired) electrons. The first kappa shape index (κ1) is 15.2. The number of methoxy groups -OCH3 is 1. The number of nitrogen functional groups attached to an aromatic ring is 1. The van der Waals surface area contributed by atoms with Crippen molar-refractivity contribution >= 4 is 28.7 Å². The average molecular weight is 309 g/mol. The summed E-state index contributed by atoms with van der Waals surface area (Å²) in [5, 5.41) is 3.83. The minimum atomic E-state index is -0.603. The predicted molar refractivity (Wildman–Crippen MR) is 81.0 cm³/mol. The molecular formula is C14H16FN3O2S. The fourth-order valence-corrected chi connectivity index (χ4v) is 2.63. The van der Waals surface area contributed by atoms with E-state index in [1.165, 1.54) is 24.5 Å². The molecule has 21 heavy (non-hydrogen) atoms. The Kier molecular flexibility index (Phi) is 4.42. The highest BCUT2D eigenvalue weighted by atomic mass is 32.1. The molecule has 2 aromatic rings. The molecule has 0 amide bonds. The van der Waals surface area contributed by atoms with Gasteiger partial charge in [0.1, 0.15) is 10.8 Å². The van der Waals surface area contributed by atoms with Crippen molar-refractivity contribution < 1.29 is 13.9 Å². The second kappa shape index (κ2) is 6.09. The quantitative estimate of drug-likeness (QED) is 0.670. The zero-order chi connectivity index (χ0) is 15.6. The number of hydrogen-bond donors (Lipinski definition) is 2. The number of aromatic nitrogens is 1. The number of carbonyl (C=O) groups is 1. The van der Waals surface area contributed by atoms with Gasteiger partial charge in [0.15, 0.2) is 0 Å². The van der Waals surface area contributed by atoms with E-state index < -0.39 is 11.8 Å². The molecule has 0 saturated carbocycles. The summed E-state index contributed by atoms with van der Waals surface area (Å²) in [7, 11) is 1.25. The lowest BCUT2D eigenvalue weighted by atomic mass is 10.1. The Balaban J connectivity index is 2.29. The van der Waals surface area contributed by atoms with E-state index in [-0.39, 0.29) is 23.0 Å². The lowest BCUT2D eigenvalue weighted by Crippen LogP contribution is -2.11. The van der Waals surface area contributed by atoms with Crippen LogP contribution in [0.25, 0.3) is 0 Å². The fraction of sp³-hybridized carbons (Fsp3) is 0.286. The number of nitrogens with one attached hydrogen (secondary N) is 1. The summed E-state index contributed by atoms with van der Waals surface area (Å²) in [4.78, 5) is 16.9. The van der Waals surface area contributed by atoms with Gasteiger partial charge < -0.3 is 15.8 Å². The molecule has 0 spiro atoms. The molecule has 0 bridgehead atoms. The maximum Gasteiger partial charge on any atom is 0.340 e. The summed E-state index contributed by atoms with van der Waals surface area (Å²) in [6.07, 6.45) is 1.76. The molecule has 1 aromatic heterocycles. The first-order chi connectivity index (χ1) is 9.92. The lowest BCUT2D eigenvalue weighted by molar-refractivity contribution is 0.0602. The van der Waals surface area contributed by atoms with Crippen molar-refractivity contribution in [2.24, 2.45) is 0 Å². The summed E-state index contributed by atoms with van der Waals surface area (Å²) in [5.74, 6) is -1.13. The van der Waals surface area contributed by atoms with E-state index in [4.69, 9.17) is 5.73 Å². The molecule has 1 unspecified atom stereocenters. The summed E-state index contributed by atoms with van der Waals surface area (Å²) in [5.41, 5.74) is 5.99. The van der Waals surface area contributed by atoms with Crippen molar-refractivity contribution in [3.63, 3.8) is 0 Å². The molecule has 1 atom stereocenters. The van der Waals surface area contributed by atoms with Crippen LogP contribution < -0.4 is 11.1 Å². The van der Waals surface area contributed by atoms with Crippen molar-refractivity contribution in [2.45, 2.75) is 19.9 Å². The van der Waals surface area contributed by atoms with Gasteiger partial charge in [0.25, 0.3) is 0 Å². The molecule has 0 fully saturated rings. The molecule has 0 aliphatic rings. The molecular weight excluding hydrogens is 293 g/mol. The summed E-state index contributed by atoms with van der Waals surface area (Å²) in [6.45, 7) is 3.82. The van der Waals surface area contributed by atoms with E-state index in [1.54, 1.807) is 6.20 Å². The van der Waals surface area contributed by atoms with Gasteiger partial charge in [-0.15, -0.1) is 11.3 Å². The topological polar surface area (TPSA) is 77.2 Å². The maximum atomic E-state index is 14.0. The molecule has 0 aliphatic heterocycles. The van der Waals surface area contributed by atoms with Crippen LogP contribution in [-0.4, -0.2) is 18.1 Å². The second-order valence-corrected chi connectivity index (χ2v) is 5.85. The third-order valence-electron chi connectivity index (χ3n) is 2.93. The monoisotopic (exact) mass is 309 g/mol. The highest BCUT2D eigenvalue weighted by Gasteiger charge is 2.17. The molecule has 2 rings (SSSR count). The molecule has 7 heteroatoms. The molecule has 1 aromatic carbocycles. The third-order valence-corrected chi connectivity index (χ3v) is 4.02. The van der Waals surface area contributed by atoms with Gasteiger partial charge in [-0.25, -0.2) is 14.2 Å². The number of aryl methyl sites for hydroxylation is 1. The molecule has 0 saturated heterocycles. The Hall–Kier alpha value is -2.15. The largest absolute Gasteiger partial charge is 0.465 e. The number of nitrogens with zero attached hydrogens (tertiary/aromatic N) is 1. The van der Waals surface area contributed by atoms with Gasteiger partial charge in [-0.05, 0) is 26.0 Å². The van der Waals surface area contributed by atoms with Crippen LogP contribution in [0.5, 0.6) is 0 Å². The lowest BCUT2D eigenvalue weighted by Gasteiger charge is -2.15. The number of ether oxygens (including phenoxy) is 1. The highest BCUT2D eigenvalue weighted by molar-refractivity contribution is 7.11. The Morgan fingerprint density at radius 3 is 2.81 bits per heavy atom. The molecule has 3 N–H and O–H groups in total. The van der Waals surface area contributed by atoms with E-state index in [0.29, 0.717) is 0 Å². The van der Waals surface area contributed by atoms with Crippen LogP contribution in [0.2, 0.25) is 0 Å². The van der Waals surface area contributed by atoms with Crippen LogP contribution in [0.4, 0.5) is 15.8 Å². The van der Waals surface area contributed by atoms with Gasteiger partial charge in [0, 0.05) is 16.8 Å². The van der Waals surface area contributed by atoms with Crippen LogP contribution in [0, 0.1) is 12.7 Å². The number of halogens is 1. The fourth-order valence-electron chi connectivity index (χ4n) is 1.85. The number of esters is 1. The van der Waals surface area contributed by atoms with Crippen LogP contribution >= 0.6 is 11.3 Å². The number of anilines is 2. The van der Waals surface area contributed by atoms with Crippen LogP contribution in [0.3, 0.4) is 0 Å². The van der Waals surface area contributed by atoms with Gasteiger partial charge in [-0.2, -0.15) is 0 Å². The Bertz CT molecular complexity index is 672. The van der Waals surface area contributed by atoms with Gasteiger partial charge >= 0.3 is 5.97 Å². The average Bonchev–Trinajstić information content (AvgIpc) is 2.87. The van der Waals surface area contributed by atoms with Gasteiger partial charge in [-0.3, -0.25) is 0 Å². The Morgan fingerprint density at radius 2 is 2.24 bits per heavy atom. The summed E-state index contributed by atoms with van der Waals surface area (Å²) < 4.78 is 18.6. The van der Waals surface area contributed by atoms with Crippen LogP contribution in [0.15, 0.2) is 18.3 Å². The Labute approximate surface area is 126 Å². The number of thiazole rings is 1. The number of benzene rings is 1. The van der Waals surface area contributed by atoms with E-state index in [1.807, 2.05) is 13.8 Å². The van der Waals surface area contributed by atoms with Gasteiger partial charge in [-0.1, -0.05) is 0 Å². The second-order valence-electron chi connectivity index (χ2n) is 4.59. The molecule has 1 heterocycles. The number of hydrogen-bond acceptors (Lipinski definition) is 6. The van der Waals surface area contributed by atoms with Gasteiger partial charge in [0.2, 0.25) is 0 Å². The SMILES string of the molecule is COC(=O)c1cc(NC(C)c2ncc(C)s2)c(F)cc1N. The minimum absolute atomic E-state index is 0.0441. The van der Waals surface area contributed by atoms with Crippen molar-refractivity contribution in [1.82, 2.24) is 4.98 Å². The van der Waals surface area contributed by atoms with E-state index in [2.05, 4.69) is 15.0 Å². The first-order valence-electron chi connectivity index (χ1n) is 6.28. The van der Waals surface area contributed by atoms with Crippen LogP contribution in [0.1, 0.15) is 33.2 Å². The predicted octanol–water partition coefficient (Wildman–Crippen LogP) is 3.13. The third kappa shape index (κ3) is 3.30. The van der Waals surface area contributed by atoms with Crippen molar-refractivity contribution in [3.8, 4) is 0 Å². The zero-order valence-electron chi connectivity index (χ0n) is 11.9. The minimum Gasteiger partial charge on any atom is -0.465 e. The molecule has 0 aliphatic carbocycles.